The van der Waals surface area contributed by atoms with Gasteiger partial charge in [-0.05, 0) is 38.3 Å². The molecule has 3 aromatic heterocycles. The number of carbonyl (C=O) groups is 1. The molecule has 0 aromatic carbocycles. The molecule has 0 spiro atoms. The van der Waals surface area contributed by atoms with Gasteiger partial charge in [-0.1, -0.05) is 0 Å². The van der Waals surface area contributed by atoms with Gasteiger partial charge in [0.2, 0.25) is 5.88 Å². The SMILES string of the molecule is CCOc1cc(C(=O)N[C@@H]2CCCc3nn(-c4ccnc(C(F)(F)F)c4)cc32)n(C)n1. The molecule has 1 aliphatic rings. The molecule has 4 rings (SSSR count). The van der Waals surface area contributed by atoms with Gasteiger partial charge in [-0.15, -0.1) is 5.10 Å². The fraction of sp³-hybridized carbons (Fsp3) is 0.400. The Bertz CT molecular complexity index is 1100. The maximum Gasteiger partial charge on any atom is 0.433 e. The number of ether oxygens (including phenoxy) is 1. The van der Waals surface area contributed by atoms with Gasteiger partial charge in [0.15, 0.2) is 0 Å². The highest BCUT2D eigenvalue weighted by molar-refractivity contribution is 5.93. The van der Waals surface area contributed by atoms with Crippen LogP contribution in [-0.4, -0.2) is 37.1 Å². The lowest BCUT2D eigenvalue weighted by Crippen LogP contribution is -2.31. The Morgan fingerprint density at radius 3 is 2.87 bits per heavy atom. The predicted molar refractivity (Wildman–Crippen MR) is 104 cm³/mol. The van der Waals surface area contributed by atoms with Gasteiger partial charge in [0.25, 0.3) is 5.91 Å². The Morgan fingerprint density at radius 2 is 2.13 bits per heavy atom. The first-order valence-corrected chi connectivity index (χ1v) is 9.86. The summed E-state index contributed by atoms with van der Waals surface area (Å²) in [4.78, 5) is 16.2. The minimum Gasteiger partial charge on any atom is -0.477 e. The number of carbonyl (C=O) groups excluding carboxylic acids is 1. The fourth-order valence-corrected chi connectivity index (χ4v) is 3.64. The predicted octanol–water partition coefficient (Wildman–Crippen LogP) is 3.23. The standard InChI is InChI=1S/C20H21F3N6O2/c1-3-31-18-10-16(28(2)27-18)19(30)25-14-5-4-6-15-13(14)11-29(26-15)12-7-8-24-17(9-12)20(21,22)23/h7-11,14H,3-6H2,1-2H3,(H,25,30)/t14-/m1/s1. The highest BCUT2D eigenvalue weighted by atomic mass is 19.4. The van der Waals surface area contributed by atoms with Crippen LogP contribution in [0.2, 0.25) is 0 Å². The van der Waals surface area contributed by atoms with Crippen molar-refractivity contribution in [3.8, 4) is 11.6 Å². The third kappa shape index (κ3) is 4.25. The van der Waals surface area contributed by atoms with E-state index in [4.69, 9.17) is 4.74 Å². The maximum atomic E-state index is 13.0. The van der Waals surface area contributed by atoms with Crippen LogP contribution in [0, 0.1) is 0 Å². The molecule has 0 aliphatic heterocycles. The molecule has 31 heavy (non-hydrogen) atoms. The van der Waals surface area contributed by atoms with E-state index in [0.29, 0.717) is 31.0 Å². The van der Waals surface area contributed by atoms with Crippen LogP contribution in [0.15, 0.2) is 30.6 Å². The van der Waals surface area contributed by atoms with Crippen molar-refractivity contribution in [3.63, 3.8) is 0 Å². The Kier molecular flexibility index (Phi) is 5.42. The van der Waals surface area contributed by atoms with Crippen molar-refractivity contribution in [2.24, 2.45) is 7.05 Å². The van der Waals surface area contributed by atoms with Gasteiger partial charge in [-0.3, -0.25) is 14.5 Å². The molecule has 164 valence electrons. The summed E-state index contributed by atoms with van der Waals surface area (Å²) >= 11 is 0. The largest absolute Gasteiger partial charge is 0.477 e. The summed E-state index contributed by atoms with van der Waals surface area (Å²) in [5.74, 6) is 0.0558. The van der Waals surface area contributed by atoms with Crippen LogP contribution < -0.4 is 10.1 Å². The van der Waals surface area contributed by atoms with Gasteiger partial charge in [-0.2, -0.15) is 18.3 Å². The zero-order valence-corrected chi connectivity index (χ0v) is 17.0. The zero-order valence-electron chi connectivity index (χ0n) is 17.0. The van der Waals surface area contributed by atoms with Crippen LogP contribution in [0.3, 0.4) is 0 Å². The molecule has 1 amide bonds. The number of hydrogen-bond acceptors (Lipinski definition) is 5. The van der Waals surface area contributed by atoms with Gasteiger partial charge in [0.1, 0.15) is 11.4 Å². The molecule has 0 fully saturated rings. The average Bonchev–Trinajstić information content (AvgIpc) is 3.32. The Labute approximate surface area is 176 Å². The number of pyridine rings is 1. The Morgan fingerprint density at radius 1 is 1.32 bits per heavy atom. The van der Waals surface area contributed by atoms with Crippen LogP contribution in [0.5, 0.6) is 5.88 Å². The van der Waals surface area contributed by atoms with Crippen LogP contribution in [0.4, 0.5) is 13.2 Å². The van der Waals surface area contributed by atoms with Crippen LogP contribution in [0.1, 0.15) is 53.2 Å². The summed E-state index contributed by atoms with van der Waals surface area (Å²) in [5, 5.41) is 11.6. The second kappa shape index (κ2) is 8.05. The first kappa shape index (κ1) is 20.9. The Balaban J connectivity index is 1.58. The van der Waals surface area contributed by atoms with Crippen LogP contribution in [0.25, 0.3) is 5.69 Å². The van der Waals surface area contributed by atoms with Crippen molar-refractivity contribution in [3.05, 3.63) is 53.2 Å². The summed E-state index contributed by atoms with van der Waals surface area (Å²) in [7, 11) is 1.66. The zero-order chi connectivity index (χ0) is 22.2. The van der Waals surface area contributed by atoms with Crippen molar-refractivity contribution in [2.75, 3.05) is 6.61 Å². The number of fused-ring (bicyclic) bond motifs is 1. The van der Waals surface area contributed by atoms with Gasteiger partial charge in [0.05, 0.1) is 24.0 Å². The van der Waals surface area contributed by atoms with Crippen LogP contribution >= 0.6 is 0 Å². The van der Waals surface area contributed by atoms with E-state index < -0.39 is 11.9 Å². The molecule has 1 atom stereocenters. The molecule has 11 heteroatoms. The van der Waals surface area contributed by atoms with E-state index in [1.54, 1.807) is 19.3 Å². The highest BCUT2D eigenvalue weighted by Crippen LogP contribution is 2.32. The molecular weight excluding hydrogens is 413 g/mol. The number of rotatable bonds is 5. The smallest absolute Gasteiger partial charge is 0.433 e. The molecule has 3 aromatic rings. The molecule has 0 radical (unpaired) electrons. The molecule has 0 unspecified atom stereocenters. The number of halogens is 3. The number of aromatic nitrogens is 5. The number of aryl methyl sites for hydroxylation is 2. The number of nitrogens with one attached hydrogen (secondary N) is 1. The lowest BCUT2D eigenvalue weighted by Gasteiger charge is -2.22. The molecule has 1 N–H and O–H groups in total. The second-order valence-electron chi connectivity index (χ2n) is 7.22. The number of amides is 1. The van der Waals surface area contributed by atoms with Gasteiger partial charge < -0.3 is 10.1 Å². The van der Waals surface area contributed by atoms with Gasteiger partial charge in [-0.25, -0.2) is 4.68 Å². The van der Waals surface area contributed by atoms with Gasteiger partial charge >= 0.3 is 6.18 Å². The summed E-state index contributed by atoms with van der Waals surface area (Å²) in [6, 6.07) is 3.68. The summed E-state index contributed by atoms with van der Waals surface area (Å²) < 4.78 is 47.2. The molecule has 0 saturated heterocycles. The summed E-state index contributed by atoms with van der Waals surface area (Å²) in [5.41, 5.74) is 1.17. The molecule has 1 aliphatic carbocycles. The van der Waals surface area contributed by atoms with E-state index >= 15 is 0 Å². The van der Waals surface area contributed by atoms with E-state index in [0.717, 1.165) is 29.9 Å². The van der Waals surface area contributed by atoms with E-state index in [9.17, 15) is 18.0 Å². The second-order valence-corrected chi connectivity index (χ2v) is 7.22. The number of hydrogen-bond donors (Lipinski definition) is 1. The number of nitrogens with zero attached hydrogens (tertiary/aromatic N) is 5. The van der Waals surface area contributed by atoms with Crippen molar-refractivity contribution in [2.45, 2.75) is 38.4 Å². The average molecular weight is 434 g/mol. The van der Waals surface area contributed by atoms with Crippen molar-refractivity contribution in [1.82, 2.24) is 29.9 Å². The van der Waals surface area contributed by atoms with Crippen molar-refractivity contribution < 1.29 is 22.7 Å². The molecule has 0 bridgehead atoms. The highest BCUT2D eigenvalue weighted by Gasteiger charge is 2.33. The third-order valence-corrected chi connectivity index (χ3v) is 5.09. The number of alkyl halides is 3. The lowest BCUT2D eigenvalue weighted by atomic mass is 9.93. The monoisotopic (exact) mass is 434 g/mol. The lowest BCUT2D eigenvalue weighted by molar-refractivity contribution is -0.141. The van der Waals surface area contributed by atoms with Crippen molar-refractivity contribution >= 4 is 5.91 Å². The quantitative estimate of drug-likeness (QED) is 0.666. The minimum absolute atomic E-state index is 0.259. The van der Waals surface area contributed by atoms with E-state index in [-0.39, 0.29) is 17.6 Å². The van der Waals surface area contributed by atoms with E-state index in [1.165, 1.54) is 15.4 Å². The fourth-order valence-electron chi connectivity index (χ4n) is 3.64. The Hall–Kier alpha value is -3.37. The van der Waals surface area contributed by atoms with E-state index in [2.05, 4.69) is 20.5 Å². The van der Waals surface area contributed by atoms with E-state index in [1.807, 2.05) is 6.92 Å². The molecule has 8 nitrogen and oxygen atoms in total. The first-order valence-electron chi connectivity index (χ1n) is 9.86. The summed E-state index contributed by atoms with van der Waals surface area (Å²) in [6.45, 7) is 2.27. The molecule has 0 saturated carbocycles. The topological polar surface area (TPSA) is 86.9 Å². The maximum absolute atomic E-state index is 13.0. The minimum atomic E-state index is -4.54. The van der Waals surface area contributed by atoms with Crippen molar-refractivity contribution in [1.29, 1.82) is 0 Å². The molecular formula is C20H21F3N6O2. The normalized spacial score (nSPS) is 16.1. The molecule has 3 heterocycles. The first-order chi connectivity index (χ1) is 14.8. The van der Waals surface area contributed by atoms with Crippen LogP contribution in [-0.2, 0) is 19.6 Å². The summed E-state index contributed by atoms with van der Waals surface area (Å²) in [6.07, 6.45) is 0.425. The van der Waals surface area contributed by atoms with Gasteiger partial charge in [0, 0.05) is 31.1 Å². The third-order valence-electron chi connectivity index (χ3n) is 5.09.